The number of nitrogens with zero attached hydrogens (tertiary/aromatic N) is 2. The van der Waals surface area contributed by atoms with Gasteiger partial charge in [-0.15, -0.1) is 28.3 Å². The van der Waals surface area contributed by atoms with Crippen molar-refractivity contribution < 1.29 is 0 Å². The number of aryl methyl sites for hydroxylation is 1. The largest absolute Gasteiger partial charge is 0.252 e. The van der Waals surface area contributed by atoms with Gasteiger partial charge in [0.1, 0.15) is 0 Å². The number of rotatable bonds is 5. The van der Waals surface area contributed by atoms with Gasteiger partial charge in [-0.2, -0.15) is 5.10 Å². The van der Waals surface area contributed by atoms with Crippen LogP contribution in [0, 0.1) is 6.92 Å². The molecule has 4 rings (SSSR count). The minimum absolute atomic E-state index is 0. The highest BCUT2D eigenvalue weighted by Gasteiger charge is 2.05. The minimum atomic E-state index is 0. The number of hydrazone groups is 1. The van der Waals surface area contributed by atoms with Crippen molar-refractivity contribution in [1.29, 1.82) is 0 Å². The van der Waals surface area contributed by atoms with Gasteiger partial charge in [-0.3, -0.25) is 5.43 Å². The maximum atomic E-state index is 4.66. The summed E-state index contributed by atoms with van der Waals surface area (Å²) in [5.74, 6) is 0. The Hall–Kier alpha value is -2.76. The molecule has 3 aromatic carbocycles. The lowest BCUT2D eigenvalue weighted by molar-refractivity contribution is 1.27. The molecular formula is C24H22BrN3S. The Morgan fingerprint density at radius 2 is 1.45 bits per heavy atom. The second kappa shape index (κ2) is 9.63. The molecule has 29 heavy (non-hydrogen) atoms. The highest BCUT2D eigenvalue weighted by atomic mass is 79.9. The van der Waals surface area contributed by atoms with Crippen LogP contribution in [0.5, 0.6) is 0 Å². The van der Waals surface area contributed by atoms with Gasteiger partial charge in [-0.05, 0) is 30.5 Å². The first kappa shape index (κ1) is 21.0. The lowest BCUT2D eigenvalue weighted by Crippen LogP contribution is -1.99. The van der Waals surface area contributed by atoms with Crippen LogP contribution in [0.25, 0.3) is 22.4 Å². The summed E-state index contributed by atoms with van der Waals surface area (Å²) in [6.45, 7) is 4.08. The number of thiazole rings is 1. The van der Waals surface area contributed by atoms with Gasteiger partial charge in [-0.25, -0.2) is 4.98 Å². The van der Waals surface area contributed by atoms with Crippen molar-refractivity contribution in [3.05, 3.63) is 95.4 Å². The first-order valence-corrected chi connectivity index (χ1v) is 10.1. The van der Waals surface area contributed by atoms with Crippen LogP contribution in [-0.4, -0.2) is 10.7 Å². The van der Waals surface area contributed by atoms with Gasteiger partial charge >= 0.3 is 0 Å². The molecule has 1 N–H and O–H groups in total. The van der Waals surface area contributed by atoms with E-state index in [1.165, 1.54) is 16.7 Å². The van der Waals surface area contributed by atoms with Crippen molar-refractivity contribution in [2.24, 2.45) is 5.10 Å². The predicted molar refractivity (Wildman–Crippen MR) is 130 cm³/mol. The van der Waals surface area contributed by atoms with Crippen molar-refractivity contribution >= 4 is 39.2 Å². The first-order valence-electron chi connectivity index (χ1n) is 9.18. The molecule has 0 aliphatic heterocycles. The van der Waals surface area contributed by atoms with E-state index in [1.807, 2.05) is 13.0 Å². The number of hydrogen-bond acceptors (Lipinski definition) is 4. The summed E-state index contributed by atoms with van der Waals surface area (Å²) in [6.07, 6.45) is 0. The molecule has 1 heterocycles. The molecule has 0 atom stereocenters. The number of nitrogens with one attached hydrogen (secondary N) is 1. The molecule has 0 fully saturated rings. The van der Waals surface area contributed by atoms with Crippen molar-refractivity contribution in [2.45, 2.75) is 13.8 Å². The second-order valence-corrected chi connectivity index (χ2v) is 7.51. The molecule has 0 amide bonds. The molecule has 0 unspecified atom stereocenters. The normalized spacial score (nSPS) is 11.0. The van der Waals surface area contributed by atoms with E-state index >= 15 is 0 Å². The van der Waals surface area contributed by atoms with Crippen molar-refractivity contribution in [2.75, 3.05) is 5.43 Å². The topological polar surface area (TPSA) is 37.3 Å². The van der Waals surface area contributed by atoms with E-state index < -0.39 is 0 Å². The Morgan fingerprint density at radius 3 is 2.14 bits per heavy atom. The van der Waals surface area contributed by atoms with Crippen LogP contribution in [0.1, 0.15) is 18.1 Å². The van der Waals surface area contributed by atoms with Gasteiger partial charge in [0.05, 0.1) is 11.4 Å². The molecule has 1 aromatic heterocycles. The van der Waals surface area contributed by atoms with E-state index in [-0.39, 0.29) is 17.0 Å². The number of hydrogen-bond donors (Lipinski definition) is 1. The average Bonchev–Trinajstić information content (AvgIpc) is 3.22. The summed E-state index contributed by atoms with van der Waals surface area (Å²) < 4.78 is 0. The van der Waals surface area contributed by atoms with Crippen LogP contribution in [0.3, 0.4) is 0 Å². The smallest absolute Gasteiger partial charge is 0.203 e. The van der Waals surface area contributed by atoms with E-state index in [1.54, 1.807) is 11.3 Å². The van der Waals surface area contributed by atoms with Crippen molar-refractivity contribution in [3.8, 4) is 22.4 Å². The zero-order valence-corrected chi connectivity index (χ0v) is 18.8. The third-order valence-corrected chi connectivity index (χ3v) is 5.33. The van der Waals surface area contributed by atoms with Gasteiger partial charge in [0.25, 0.3) is 0 Å². The maximum absolute atomic E-state index is 4.66. The van der Waals surface area contributed by atoms with E-state index in [9.17, 15) is 0 Å². The lowest BCUT2D eigenvalue weighted by atomic mass is 10.0. The summed E-state index contributed by atoms with van der Waals surface area (Å²) in [4.78, 5) is 4.66. The summed E-state index contributed by atoms with van der Waals surface area (Å²) in [7, 11) is 0. The van der Waals surface area contributed by atoms with E-state index in [0.717, 1.165) is 27.7 Å². The molecule has 0 radical (unpaired) electrons. The maximum Gasteiger partial charge on any atom is 0.203 e. The van der Waals surface area contributed by atoms with Crippen LogP contribution in [0.2, 0.25) is 0 Å². The van der Waals surface area contributed by atoms with E-state index in [0.29, 0.717) is 0 Å². The number of halogens is 1. The molecule has 4 aromatic rings. The highest BCUT2D eigenvalue weighted by molar-refractivity contribution is 8.93. The Kier molecular flexibility index (Phi) is 6.96. The molecule has 0 aliphatic carbocycles. The Bertz CT molecular complexity index is 1090. The van der Waals surface area contributed by atoms with Crippen LogP contribution >= 0.6 is 28.3 Å². The number of aromatic nitrogens is 1. The fourth-order valence-electron chi connectivity index (χ4n) is 2.91. The fraction of sp³-hybridized carbons (Fsp3) is 0.0833. The quantitative estimate of drug-likeness (QED) is 0.251. The summed E-state index contributed by atoms with van der Waals surface area (Å²) in [5, 5.41) is 7.31. The van der Waals surface area contributed by atoms with E-state index in [4.69, 9.17) is 0 Å². The highest BCUT2D eigenvalue weighted by Crippen LogP contribution is 2.27. The molecule has 0 spiro atoms. The van der Waals surface area contributed by atoms with Crippen LogP contribution in [-0.2, 0) is 0 Å². The number of benzene rings is 3. The molecule has 0 bridgehead atoms. The summed E-state index contributed by atoms with van der Waals surface area (Å²) >= 11 is 1.56. The first-order chi connectivity index (χ1) is 13.7. The Morgan fingerprint density at radius 1 is 0.828 bits per heavy atom. The Balaban J connectivity index is 0.00000240. The summed E-state index contributed by atoms with van der Waals surface area (Å²) in [6, 6.07) is 27.2. The Labute approximate surface area is 185 Å². The molecule has 146 valence electrons. The van der Waals surface area contributed by atoms with Crippen LogP contribution < -0.4 is 5.43 Å². The van der Waals surface area contributed by atoms with Gasteiger partial charge in [0, 0.05) is 10.9 Å². The monoisotopic (exact) mass is 463 g/mol. The standard InChI is InChI=1S/C24H21N3S.BrH/c1-17-8-10-19(11-9-17)18(2)26-27-24-25-23(16-28-24)22-14-12-21(13-15-22)20-6-4-3-5-7-20;/h3-16H,1-2H3,(H,25,27);1H/b26-18-;. The van der Waals surface area contributed by atoms with Crippen molar-refractivity contribution in [1.82, 2.24) is 4.98 Å². The second-order valence-electron chi connectivity index (χ2n) is 6.66. The zero-order valence-electron chi connectivity index (χ0n) is 16.3. The van der Waals surface area contributed by atoms with Gasteiger partial charge in [-0.1, -0.05) is 84.4 Å². The number of anilines is 1. The molecule has 3 nitrogen and oxygen atoms in total. The predicted octanol–water partition coefficient (Wildman–Crippen LogP) is 7.20. The van der Waals surface area contributed by atoms with Gasteiger partial charge in [0.15, 0.2) is 0 Å². The third kappa shape index (κ3) is 5.19. The molecular weight excluding hydrogens is 442 g/mol. The SMILES string of the molecule is Br.C/C(=N/Nc1nc(-c2ccc(-c3ccccc3)cc2)cs1)c1ccc(C)cc1. The van der Waals surface area contributed by atoms with Gasteiger partial charge < -0.3 is 0 Å². The van der Waals surface area contributed by atoms with E-state index in [2.05, 4.69) is 101 Å². The van der Waals surface area contributed by atoms with Gasteiger partial charge in [0.2, 0.25) is 5.13 Å². The van der Waals surface area contributed by atoms with Crippen molar-refractivity contribution in [3.63, 3.8) is 0 Å². The molecule has 0 saturated carbocycles. The third-order valence-electron chi connectivity index (χ3n) is 4.58. The summed E-state index contributed by atoms with van der Waals surface area (Å²) in [5.41, 5.74) is 10.8. The average molecular weight is 464 g/mol. The van der Waals surface area contributed by atoms with Crippen LogP contribution in [0.15, 0.2) is 89.3 Å². The molecule has 0 saturated heterocycles. The molecule has 5 heteroatoms. The lowest BCUT2D eigenvalue weighted by Gasteiger charge is -2.03. The molecule has 0 aliphatic rings. The van der Waals surface area contributed by atoms with Crippen LogP contribution in [0.4, 0.5) is 5.13 Å². The fourth-order valence-corrected chi connectivity index (χ4v) is 3.57. The zero-order chi connectivity index (χ0) is 19.3. The minimum Gasteiger partial charge on any atom is -0.252 e.